The van der Waals surface area contributed by atoms with Crippen molar-refractivity contribution in [1.82, 2.24) is 10.6 Å². The topological polar surface area (TPSA) is 24.1 Å². The summed E-state index contributed by atoms with van der Waals surface area (Å²) in [4.78, 5) is 0. The van der Waals surface area contributed by atoms with Crippen molar-refractivity contribution in [2.75, 3.05) is 19.6 Å². The van der Waals surface area contributed by atoms with Crippen LogP contribution in [0.2, 0.25) is 0 Å². The standard InChI is InChI=1S/C13H19FN2/c1-10-6-11(2-3-13(10)14)7-16-9-12-4-5-15-8-12/h2-3,6,12,15-16H,4-5,7-9H2,1H3. The highest BCUT2D eigenvalue weighted by Crippen LogP contribution is 2.10. The van der Waals surface area contributed by atoms with Crippen molar-refractivity contribution in [3.05, 3.63) is 35.1 Å². The van der Waals surface area contributed by atoms with E-state index in [-0.39, 0.29) is 5.82 Å². The summed E-state index contributed by atoms with van der Waals surface area (Å²) in [6.07, 6.45) is 1.26. The van der Waals surface area contributed by atoms with Crippen LogP contribution < -0.4 is 10.6 Å². The van der Waals surface area contributed by atoms with Gasteiger partial charge in [0.05, 0.1) is 0 Å². The molecule has 1 unspecified atom stereocenters. The molecule has 1 aromatic rings. The highest BCUT2D eigenvalue weighted by Gasteiger charge is 2.13. The van der Waals surface area contributed by atoms with Gasteiger partial charge in [-0.3, -0.25) is 0 Å². The van der Waals surface area contributed by atoms with Gasteiger partial charge in [0.25, 0.3) is 0 Å². The second-order valence-corrected chi connectivity index (χ2v) is 4.57. The molecular weight excluding hydrogens is 203 g/mol. The van der Waals surface area contributed by atoms with Crippen LogP contribution in [0, 0.1) is 18.7 Å². The van der Waals surface area contributed by atoms with Crippen molar-refractivity contribution in [3.63, 3.8) is 0 Å². The monoisotopic (exact) mass is 222 g/mol. The molecule has 0 bridgehead atoms. The Kier molecular flexibility index (Phi) is 3.91. The molecule has 1 heterocycles. The first-order valence-corrected chi connectivity index (χ1v) is 5.92. The number of benzene rings is 1. The molecule has 1 aliphatic rings. The lowest BCUT2D eigenvalue weighted by Crippen LogP contribution is -2.24. The van der Waals surface area contributed by atoms with Crippen LogP contribution in [0.15, 0.2) is 18.2 Å². The molecule has 0 saturated carbocycles. The lowest BCUT2D eigenvalue weighted by Gasteiger charge is -2.10. The summed E-state index contributed by atoms with van der Waals surface area (Å²) >= 11 is 0. The second kappa shape index (κ2) is 5.41. The Labute approximate surface area is 96.2 Å². The van der Waals surface area contributed by atoms with E-state index in [0.717, 1.165) is 43.2 Å². The molecule has 1 atom stereocenters. The SMILES string of the molecule is Cc1cc(CNCC2CCNC2)ccc1F. The maximum atomic E-state index is 13.0. The zero-order valence-electron chi connectivity index (χ0n) is 9.72. The van der Waals surface area contributed by atoms with Crippen molar-refractivity contribution >= 4 is 0 Å². The van der Waals surface area contributed by atoms with Gasteiger partial charge >= 0.3 is 0 Å². The average Bonchev–Trinajstić information content (AvgIpc) is 2.76. The molecule has 1 fully saturated rings. The van der Waals surface area contributed by atoms with Crippen molar-refractivity contribution in [2.45, 2.75) is 19.9 Å². The molecular formula is C13H19FN2. The number of hydrogen-bond donors (Lipinski definition) is 2. The number of nitrogens with one attached hydrogen (secondary N) is 2. The van der Waals surface area contributed by atoms with E-state index in [1.807, 2.05) is 12.1 Å². The van der Waals surface area contributed by atoms with Gasteiger partial charge in [-0.2, -0.15) is 0 Å². The zero-order chi connectivity index (χ0) is 11.4. The van der Waals surface area contributed by atoms with Gasteiger partial charge in [0.15, 0.2) is 0 Å². The molecule has 3 heteroatoms. The molecule has 2 N–H and O–H groups in total. The fraction of sp³-hybridized carbons (Fsp3) is 0.538. The fourth-order valence-electron chi connectivity index (χ4n) is 2.13. The molecule has 2 nitrogen and oxygen atoms in total. The summed E-state index contributed by atoms with van der Waals surface area (Å²) in [7, 11) is 0. The summed E-state index contributed by atoms with van der Waals surface area (Å²) in [5.41, 5.74) is 1.88. The van der Waals surface area contributed by atoms with Gasteiger partial charge in [0.2, 0.25) is 0 Å². The first-order valence-electron chi connectivity index (χ1n) is 5.92. The van der Waals surface area contributed by atoms with Gasteiger partial charge in [-0.1, -0.05) is 12.1 Å². The van der Waals surface area contributed by atoms with Crippen LogP contribution in [0.1, 0.15) is 17.5 Å². The van der Waals surface area contributed by atoms with E-state index in [4.69, 9.17) is 0 Å². The van der Waals surface area contributed by atoms with Crippen LogP contribution in [0.5, 0.6) is 0 Å². The first kappa shape index (κ1) is 11.6. The highest BCUT2D eigenvalue weighted by molar-refractivity contribution is 5.23. The molecule has 16 heavy (non-hydrogen) atoms. The number of halogens is 1. The number of hydrogen-bond acceptors (Lipinski definition) is 2. The molecule has 0 amide bonds. The number of rotatable bonds is 4. The maximum absolute atomic E-state index is 13.0. The van der Waals surface area contributed by atoms with Gasteiger partial charge < -0.3 is 10.6 Å². The van der Waals surface area contributed by atoms with Crippen LogP contribution in [0.4, 0.5) is 4.39 Å². The Morgan fingerprint density at radius 3 is 3.06 bits per heavy atom. The molecule has 0 aromatic heterocycles. The van der Waals surface area contributed by atoms with E-state index < -0.39 is 0 Å². The lowest BCUT2D eigenvalue weighted by molar-refractivity contribution is 0.512. The smallest absolute Gasteiger partial charge is 0.126 e. The van der Waals surface area contributed by atoms with Crippen molar-refractivity contribution in [3.8, 4) is 0 Å². The third kappa shape index (κ3) is 3.03. The molecule has 0 aliphatic carbocycles. The normalized spacial score (nSPS) is 20.2. The molecule has 0 spiro atoms. The molecule has 1 aromatic carbocycles. The van der Waals surface area contributed by atoms with E-state index in [2.05, 4.69) is 10.6 Å². The summed E-state index contributed by atoms with van der Waals surface area (Å²) in [5.74, 6) is 0.630. The minimum absolute atomic E-state index is 0.122. The van der Waals surface area contributed by atoms with Crippen molar-refractivity contribution in [2.24, 2.45) is 5.92 Å². The molecule has 0 radical (unpaired) electrons. The summed E-state index contributed by atoms with van der Waals surface area (Å²) < 4.78 is 13.0. The highest BCUT2D eigenvalue weighted by atomic mass is 19.1. The van der Waals surface area contributed by atoms with Gasteiger partial charge in [0.1, 0.15) is 5.82 Å². The second-order valence-electron chi connectivity index (χ2n) is 4.57. The quantitative estimate of drug-likeness (QED) is 0.812. The Morgan fingerprint density at radius 1 is 1.50 bits per heavy atom. The maximum Gasteiger partial charge on any atom is 0.126 e. The van der Waals surface area contributed by atoms with E-state index in [1.54, 1.807) is 13.0 Å². The van der Waals surface area contributed by atoms with Crippen LogP contribution in [-0.2, 0) is 6.54 Å². The van der Waals surface area contributed by atoms with Crippen molar-refractivity contribution in [1.29, 1.82) is 0 Å². The zero-order valence-corrected chi connectivity index (χ0v) is 9.72. The average molecular weight is 222 g/mol. The van der Waals surface area contributed by atoms with E-state index in [9.17, 15) is 4.39 Å². The van der Waals surface area contributed by atoms with Gasteiger partial charge in [0, 0.05) is 6.54 Å². The third-order valence-corrected chi connectivity index (χ3v) is 3.15. The Balaban J connectivity index is 1.78. The molecule has 1 aliphatic heterocycles. The number of aryl methyl sites for hydroxylation is 1. The third-order valence-electron chi connectivity index (χ3n) is 3.15. The van der Waals surface area contributed by atoms with Crippen LogP contribution >= 0.6 is 0 Å². The van der Waals surface area contributed by atoms with Gasteiger partial charge in [-0.25, -0.2) is 4.39 Å². The Bertz CT molecular complexity index is 346. The minimum Gasteiger partial charge on any atom is -0.316 e. The van der Waals surface area contributed by atoms with Gasteiger partial charge in [-0.05, 0) is 56.1 Å². The summed E-state index contributed by atoms with van der Waals surface area (Å²) in [6, 6.07) is 5.31. The summed E-state index contributed by atoms with van der Waals surface area (Å²) in [5, 5.41) is 6.78. The molecule has 2 rings (SSSR count). The molecule has 1 saturated heterocycles. The summed E-state index contributed by atoms with van der Waals surface area (Å²) in [6.45, 7) is 5.94. The largest absolute Gasteiger partial charge is 0.316 e. The predicted molar refractivity (Wildman–Crippen MR) is 63.8 cm³/mol. The first-order chi connectivity index (χ1) is 7.75. The van der Waals surface area contributed by atoms with Crippen LogP contribution in [-0.4, -0.2) is 19.6 Å². The predicted octanol–water partition coefficient (Wildman–Crippen LogP) is 1.83. The fourth-order valence-corrected chi connectivity index (χ4v) is 2.13. The van der Waals surface area contributed by atoms with Gasteiger partial charge in [-0.15, -0.1) is 0 Å². The Morgan fingerprint density at radius 2 is 2.38 bits per heavy atom. The van der Waals surface area contributed by atoms with E-state index in [0.29, 0.717) is 0 Å². The van der Waals surface area contributed by atoms with Crippen LogP contribution in [0.25, 0.3) is 0 Å². The molecule has 88 valence electrons. The van der Waals surface area contributed by atoms with Crippen molar-refractivity contribution < 1.29 is 4.39 Å². The Hall–Kier alpha value is -0.930. The van der Waals surface area contributed by atoms with Crippen LogP contribution in [0.3, 0.4) is 0 Å². The lowest BCUT2D eigenvalue weighted by atomic mass is 10.1. The minimum atomic E-state index is -0.122. The van der Waals surface area contributed by atoms with E-state index >= 15 is 0 Å². The van der Waals surface area contributed by atoms with E-state index in [1.165, 1.54) is 6.42 Å².